The van der Waals surface area contributed by atoms with E-state index in [-0.39, 0.29) is 0 Å². The maximum Gasteiger partial charge on any atom is 0.0236 e. The van der Waals surface area contributed by atoms with Crippen LogP contribution in [-0.2, 0) is 13.0 Å². The Balaban J connectivity index is 1.81. The Hall–Kier alpha value is -0.860. The van der Waals surface area contributed by atoms with Gasteiger partial charge in [-0.05, 0) is 56.8 Å². The summed E-state index contributed by atoms with van der Waals surface area (Å²) in [5.74, 6) is 0. The lowest BCUT2D eigenvalue weighted by Crippen LogP contribution is -2.25. The minimum absolute atomic E-state index is 0.356. The van der Waals surface area contributed by atoms with Crippen LogP contribution in [0.1, 0.15) is 43.7 Å². The number of nitrogens with two attached hydrogens (primary N) is 1. The summed E-state index contributed by atoms with van der Waals surface area (Å²) in [5.41, 5.74) is 8.87. The van der Waals surface area contributed by atoms with Gasteiger partial charge in [0.05, 0.1) is 0 Å². The van der Waals surface area contributed by atoms with Crippen LogP contribution >= 0.6 is 0 Å². The molecule has 1 aromatic rings. The first-order chi connectivity index (χ1) is 8.75. The molecule has 18 heavy (non-hydrogen) atoms. The number of hydrogen-bond acceptors (Lipinski definition) is 2. The molecule has 1 aliphatic heterocycles. The van der Waals surface area contributed by atoms with E-state index in [0.29, 0.717) is 6.04 Å². The van der Waals surface area contributed by atoms with E-state index in [0.717, 1.165) is 13.0 Å². The van der Waals surface area contributed by atoms with Gasteiger partial charge in [-0.25, -0.2) is 0 Å². The average Bonchev–Trinajstić information content (AvgIpc) is 2.56. The number of benzene rings is 1. The molecule has 1 aliphatic rings. The zero-order chi connectivity index (χ0) is 12.8. The quantitative estimate of drug-likeness (QED) is 0.809. The first kappa shape index (κ1) is 13.6. The monoisotopic (exact) mass is 246 g/mol. The molecule has 1 unspecified atom stereocenters. The zero-order valence-electron chi connectivity index (χ0n) is 11.6. The predicted octanol–water partition coefficient (Wildman–Crippen LogP) is 2.95. The number of unbranched alkanes of at least 4 members (excludes halogenated alkanes) is 1. The van der Waals surface area contributed by atoms with Crippen LogP contribution in [0.5, 0.6) is 0 Å². The fraction of sp³-hybridized carbons (Fsp3) is 0.625. The van der Waals surface area contributed by atoms with Gasteiger partial charge < -0.3 is 5.73 Å². The molecule has 0 saturated heterocycles. The largest absolute Gasteiger partial charge is 0.328 e. The smallest absolute Gasteiger partial charge is 0.0236 e. The summed E-state index contributed by atoms with van der Waals surface area (Å²) in [7, 11) is 0. The van der Waals surface area contributed by atoms with Crippen LogP contribution in [0.15, 0.2) is 24.3 Å². The third-order valence-electron chi connectivity index (χ3n) is 3.82. The lowest BCUT2D eigenvalue weighted by Gasteiger charge is -2.20. The number of fused-ring (bicyclic) bond motifs is 1. The predicted molar refractivity (Wildman–Crippen MR) is 77.5 cm³/mol. The third kappa shape index (κ3) is 4.11. The van der Waals surface area contributed by atoms with Crippen LogP contribution in [0.25, 0.3) is 0 Å². The van der Waals surface area contributed by atoms with Crippen molar-refractivity contribution in [2.75, 3.05) is 13.1 Å². The van der Waals surface area contributed by atoms with Gasteiger partial charge in [0.15, 0.2) is 0 Å². The molecule has 2 heteroatoms. The van der Waals surface area contributed by atoms with E-state index in [1.165, 1.54) is 44.3 Å². The highest BCUT2D eigenvalue weighted by atomic mass is 15.1. The van der Waals surface area contributed by atoms with Crippen LogP contribution in [0, 0.1) is 0 Å². The minimum Gasteiger partial charge on any atom is -0.328 e. The molecule has 2 nitrogen and oxygen atoms in total. The standard InChI is InChI=1S/C16H26N2/c1-14(17)7-4-5-11-18-12-6-10-15-8-2-3-9-16(15)13-18/h2-3,8-9,14H,4-7,10-13,17H2,1H3. The molecule has 2 rings (SSSR count). The van der Waals surface area contributed by atoms with Gasteiger partial charge in [0, 0.05) is 12.6 Å². The molecule has 0 aromatic heterocycles. The third-order valence-corrected chi connectivity index (χ3v) is 3.82. The maximum atomic E-state index is 5.79. The van der Waals surface area contributed by atoms with Crippen molar-refractivity contribution in [3.05, 3.63) is 35.4 Å². The van der Waals surface area contributed by atoms with Crippen molar-refractivity contribution in [1.29, 1.82) is 0 Å². The lowest BCUT2D eigenvalue weighted by atomic mass is 10.0. The summed E-state index contributed by atoms with van der Waals surface area (Å²) in [6, 6.07) is 9.26. The van der Waals surface area contributed by atoms with Crippen molar-refractivity contribution in [3.63, 3.8) is 0 Å². The minimum atomic E-state index is 0.356. The normalized spacial score (nSPS) is 18.1. The van der Waals surface area contributed by atoms with Crippen LogP contribution < -0.4 is 5.73 Å². The molecule has 1 atom stereocenters. The molecule has 100 valence electrons. The lowest BCUT2D eigenvalue weighted by molar-refractivity contribution is 0.262. The van der Waals surface area contributed by atoms with Gasteiger partial charge in [0.2, 0.25) is 0 Å². The van der Waals surface area contributed by atoms with E-state index in [1.807, 2.05) is 0 Å². The molecule has 0 radical (unpaired) electrons. The van der Waals surface area contributed by atoms with Crippen molar-refractivity contribution in [1.82, 2.24) is 4.90 Å². The SMILES string of the molecule is CC(N)CCCCN1CCCc2ccccc2C1. The molecular formula is C16H26N2. The zero-order valence-corrected chi connectivity index (χ0v) is 11.6. The second kappa shape index (κ2) is 6.91. The van der Waals surface area contributed by atoms with Gasteiger partial charge in [0.25, 0.3) is 0 Å². The highest BCUT2D eigenvalue weighted by Crippen LogP contribution is 2.18. The molecule has 0 amide bonds. The van der Waals surface area contributed by atoms with Crippen LogP contribution in [0.4, 0.5) is 0 Å². The summed E-state index contributed by atoms with van der Waals surface area (Å²) < 4.78 is 0. The van der Waals surface area contributed by atoms with E-state index < -0.39 is 0 Å². The Labute approximate surface area is 111 Å². The number of hydrogen-bond donors (Lipinski definition) is 1. The summed E-state index contributed by atoms with van der Waals surface area (Å²) in [4.78, 5) is 2.60. The first-order valence-electron chi connectivity index (χ1n) is 7.30. The van der Waals surface area contributed by atoms with E-state index in [4.69, 9.17) is 5.73 Å². The summed E-state index contributed by atoms with van der Waals surface area (Å²) in [5, 5.41) is 0. The molecule has 0 fully saturated rings. The van der Waals surface area contributed by atoms with Crippen molar-refractivity contribution in [2.45, 2.75) is 51.6 Å². The Kier molecular flexibility index (Phi) is 5.21. The van der Waals surface area contributed by atoms with Crippen LogP contribution in [0.3, 0.4) is 0 Å². The number of rotatable bonds is 5. The first-order valence-corrected chi connectivity index (χ1v) is 7.30. The van der Waals surface area contributed by atoms with Crippen molar-refractivity contribution < 1.29 is 0 Å². The molecular weight excluding hydrogens is 220 g/mol. The Morgan fingerprint density at radius 2 is 2.00 bits per heavy atom. The fourth-order valence-electron chi connectivity index (χ4n) is 2.76. The van der Waals surface area contributed by atoms with Gasteiger partial charge in [-0.15, -0.1) is 0 Å². The average molecular weight is 246 g/mol. The highest BCUT2D eigenvalue weighted by Gasteiger charge is 2.13. The summed E-state index contributed by atoms with van der Waals surface area (Å²) in [6.45, 7) is 5.70. The molecule has 0 aliphatic carbocycles. The van der Waals surface area contributed by atoms with E-state index in [1.54, 1.807) is 5.56 Å². The van der Waals surface area contributed by atoms with Gasteiger partial charge in [-0.2, -0.15) is 0 Å². The van der Waals surface area contributed by atoms with Crippen molar-refractivity contribution in [2.24, 2.45) is 5.73 Å². The summed E-state index contributed by atoms with van der Waals surface area (Å²) in [6.07, 6.45) is 6.24. The number of aryl methyl sites for hydroxylation is 1. The van der Waals surface area contributed by atoms with E-state index >= 15 is 0 Å². The van der Waals surface area contributed by atoms with Crippen molar-refractivity contribution in [3.8, 4) is 0 Å². The molecule has 0 saturated carbocycles. The number of nitrogens with zero attached hydrogens (tertiary/aromatic N) is 1. The Morgan fingerprint density at radius 1 is 1.22 bits per heavy atom. The molecule has 2 N–H and O–H groups in total. The van der Waals surface area contributed by atoms with Gasteiger partial charge >= 0.3 is 0 Å². The van der Waals surface area contributed by atoms with Gasteiger partial charge in [0.1, 0.15) is 0 Å². The highest BCUT2D eigenvalue weighted by molar-refractivity contribution is 5.27. The van der Waals surface area contributed by atoms with Crippen LogP contribution in [-0.4, -0.2) is 24.0 Å². The van der Waals surface area contributed by atoms with Gasteiger partial charge in [-0.1, -0.05) is 30.7 Å². The second-order valence-electron chi connectivity index (χ2n) is 5.62. The Bertz CT molecular complexity index is 360. The Morgan fingerprint density at radius 3 is 2.78 bits per heavy atom. The fourth-order valence-corrected chi connectivity index (χ4v) is 2.76. The van der Waals surface area contributed by atoms with Crippen molar-refractivity contribution >= 4 is 0 Å². The van der Waals surface area contributed by atoms with Gasteiger partial charge in [-0.3, -0.25) is 4.90 Å². The molecule has 1 heterocycles. The van der Waals surface area contributed by atoms with E-state index in [9.17, 15) is 0 Å². The maximum absolute atomic E-state index is 5.79. The summed E-state index contributed by atoms with van der Waals surface area (Å²) >= 11 is 0. The molecule has 0 spiro atoms. The topological polar surface area (TPSA) is 29.3 Å². The second-order valence-corrected chi connectivity index (χ2v) is 5.62. The van der Waals surface area contributed by atoms with E-state index in [2.05, 4.69) is 36.1 Å². The molecule has 1 aromatic carbocycles. The molecule has 0 bridgehead atoms. The van der Waals surface area contributed by atoms with Crippen LogP contribution in [0.2, 0.25) is 0 Å².